The van der Waals surface area contributed by atoms with E-state index in [0.717, 1.165) is 30.5 Å². The number of carbonyl (C=O) groups is 1. The maximum Gasteiger partial charge on any atom is 0.276 e. The molecule has 156 valence electrons. The van der Waals surface area contributed by atoms with Crippen molar-refractivity contribution in [2.24, 2.45) is 5.73 Å². The van der Waals surface area contributed by atoms with Gasteiger partial charge in [0.1, 0.15) is 0 Å². The first-order valence-electron chi connectivity index (χ1n) is 10.2. The molecule has 4 N–H and O–H groups in total. The highest BCUT2D eigenvalue weighted by Gasteiger charge is 2.11. The number of benzene rings is 2. The van der Waals surface area contributed by atoms with E-state index in [1.807, 2.05) is 48.5 Å². The fourth-order valence-corrected chi connectivity index (χ4v) is 3.14. The second-order valence-corrected chi connectivity index (χ2v) is 7.13. The molecule has 1 unspecified atom stereocenters. The van der Waals surface area contributed by atoms with Crippen LogP contribution >= 0.6 is 0 Å². The molecule has 0 saturated carbocycles. The van der Waals surface area contributed by atoms with E-state index in [-0.39, 0.29) is 11.9 Å². The van der Waals surface area contributed by atoms with Gasteiger partial charge in [-0.3, -0.25) is 14.6 Å². The molecule has 0 bridgehead atoms. The Morgan fingerprint density at radius 2 is 1.70 bits per heavy atom. The molecule has 3 rings (SSSR count). The quantitative estimate of drug-likeness (QED) is 0.335. The molecule has 0 fully saturated rings. The molecular formula is C24H28N4O2. The Morgan fingerprint density at radius 1 is 0.967 bits per heavy atom. The molecule has 2 aromatic carbocycles. The van der Waals surface area contributed by atoms with Crippen LogP contribution in [0.5, 0.6) is 0 Å². The Balaban J connectivity index is 1.39. The van der Waals surface area contributed by atoms with Crippen LogP contribution in [0.25, 0.3) is 0 Å². The molecule has 1 atom stereocenters. The van der Waals surface area contributed by atoms with Crippen LogP contribution in [0.3, 0.4) is 0 Å². The molecule has 6 heteroatoms. The fraction of sp³-hybridized carbons (Fsp3) is 0.250. The highest BCUT2D eigenvalue weighted by Crippen LogP contribution is 2.16. The first-order chi connectivity index (χ1) is 14.7. The number of aromatic nitrogens is 1. The molecule has 0 radical (unpaired) electrons. The first-order valence-corrected chi connectivity index (χ1v) is 10.2. The van der Waals surface area contributed by atoms with Gasteiger partial charge in [0.15, 0.2) is 0 Å². The number of rotatable bonds is 11. The summed E-state index contributed by atoms with van der Waals surface area (Å²) in [6.07, 6.45) is 5.93. The lowest BCUT2D eigenvalue weighted by Crippen LogP contribution is -2.27. The van der Waals surface area contributed by atoms with E-state index in [0.29, 0.717) is 18.7 Å². The fourth-order valence-electron chi connectivity index (χ4n) is 3.14. The Morgan fingerprint density at radius 3 is 2.50 bits per heavy atom. The molecule has 0 aliphatic heterocycles. The van der Waals surface area contributed by atoms with Crippen LogP contribution in [0.4, 0.5) is 5.69 Å². The second-order valence-electron chi connectivity index (χ2n) is 7.13. The van der Waals surface area contributed by atoms with Gasteiger partial charge in [-0.1, -0.05) is 42.5 Å². The summed E-state index contributed by atoms with van der Waals surface area (Å²) < 4.78 is 0. The van der Waals surface area contributed by atoms with Gasteiger partial charge in [-0.2, -0.15) is 0 Å². The number of nitrogens with two attached hydrogens (primary N) is 1. The van der Waals surface area contributed by atoms with E-state index in [9.17, 15) is 4.79 Å². The minimum Gasteiger partial charge on any atom is -0.380 e. The van der Waals surface area contributed by atoms with Gasteiger partial charge in [-0.25, -0.2) is 5.48 Å². The zero-order valence-corrected chi connectivity index (χ0v) is 17.0. The third-order valence-electron chi connectivity index (χ3n) is 4.73. The van der Waals surface area contributed by atoms with Crippen molar-refractivity contribution in [1.82, 2.24) is 10.5 Å². The number of pyridine rings is 1. The average molecular weight is 405 g/mol. The predicted octanol–water partition coefficient (Wildman–Crippen LogP) is 3.71. The standard InChI is InChI=1S/C24H28N4O2/c25-21(17-19-7-2-1-3-8-19)9-6-16-30-28-24(29)22-10-4-5-11-23(22)27-18-20-12-14-26-15-13-20/h1-5,7-8,10-15,21,27H,6,9,16-18,25H2,(H,28,29). The van der Waals surface area contributed by atoms with E-state index in [4.69, 9.17) is 10.6 Å². The topological polar surface area (TPSA) is 89.3 Å². The first kappa shape index (κ1) is 21.5. The number of amides is 1. The molecule has 6 nitrogen and oxygen atoms in total. The maximum atomic E-state index is 12.5. The summed E-state index contributed by atoms with van der Waals surface area (Å²) in [5.74, 6) is -0.276. The highest BCUT2D eigenvalue weighted by atomic mass is 16.6. The van der Waals surface area contributed by atoms with Crippen LogP contribution in [0, 0.1) is 0 Å². The summed E-state index contributed by atoms with van der Waals surface area (Å²) in [5, 5.41) is 3.29. The third-order valence-corrected chi connectivity index (χ3v) is 4.73. The van der Waals surface area contributed by atoms with Crippen molar-refractivity contribution in [2.45, 2.75) is 31.8 Å². The van der Waals surface area contributed by atoms with Gasteiger partial charge in [0, 0.05) is 30.7 Å². The van der Waals surface area contributed by atoms with Gasteiger partial charge in [-0.05, 0) is 54.7 Å². The average Bonchev–Trinajstić information content (AvgIpc) is 2.79. The minimum atomic E-state index is -0.276. The normalized spacial score (nSPS) is 11.6. The molecule has 3 aromatic rings. The van der Waals surface area contributed by atoms with Crippen molar-refractivity contribution in [3.8, 4) is 0 Å². The highest BCUT2D eigenvalue weighted by molar-refractivity contribution is 5.98. The van der Waals surface area contributed by atoms with E-state index in [1.165, 1.54) is 5.56 Å². The molecule has 1 amide bonds. The number of carbonyl (C=O) groups excluding carboxylic acids is 1. The van der Waals surface area contributed by atoms with E-state index in [2.05, 4.69) is 27.9 Å². The van der Waals surface area contributed by atoms with Crippen molar-refractivity contribution < 1.29 is 9.63 Å². The molecule has 0 aliphatic carbocycles. The van der Waals surface area contributed by atoms with Gasteiger partial charge in [-0.15, -0.1) is 0 Å². The summed E-state index contributed by atoms with van der Waals surface area (Å²) in [7, 11) is 0. The number of hydrogen-bond acceptors (Lipinski definition) is 5. The summed E-state index contributed by atoms with van der Waals surface area (Å²) in [6.45, 7) is 1.02. The summed E-state index contributed by atoms with van der Waals surface area (Å²) in [4.78, 5) is 21.9. The number of hydrogen-bond donors (Lipinski definition) is 3. The number of hydroxylamine groups is 1. The predicted molar refractivity (Wildman–Crippen MR) is 119 cm³/mol. The monoisotopic (exact) mass is 404 g/mol. The van der Waals surface area contributed by atoms with Gasteiger partial charge in [0.25, 0.3) is 5.91 Å². The van der Waals surface area contributed by atoms with Crippen LogP contribution in [0.2, 0.25) is 0 Å². The summed E-state index contributed by atoms with van der Waals surface area (Å²) in [5.41, 5.74) is 12.3. The summed E-state index contributed by atoms with van der Waals surface area (Å²) in [6, 6.07) is 21.5. The van der Waals surface area contributed by atoms with Crippen molar-refractivity contribution in [3.63, 3.8) is 0 Å². The molecule has 0 spiro atoms. The Labute approximate surface area is 177 Å². The van der Waals surface area contributed by atoms with Gasteiger partial charge in [0.05, 0.1) is 12.2 Å². The molecule has 1 aromatic heterocycles. The molecule has 30 heavy (non-hydrogen) atoms. The maximum absolute atomic E-state index is 12.5. The SMILES string of the molecule is NC(CCCONC(=O)c1ccccc1NCc1ccncc1)Cc1ccccc1. The summed E-state index contributed by atoms with van der Waals surface area (Å²) >= 11 is 0. The number of nitrogens with zero attached hydrogens (tertiary/aromatic N) is 1. The number of nitrogens with one attached hydrogen (secondary N) is 2. The van der Waals surface area contributed by atoms with Crippen molar-refractivity contribution >= 4 is 11.6 Å². The minimum absolute atomic E-state index is 0.0739. The number of anilines is 1. The van der Waals surface area contributed by atoms with Crippen molar-refractivity contribution in [2.75, 3.05) is 11.9 Å². The van der Waals surface area contributed by atoms with Gasteiger partial charge >= 0.3 is 0 Å². The zero-order chi connectivity index (χ0) is 21.0. The molecule has 0 saturated heterocycles. The third kappa shape index (κ3) is 6.99. The molecular weight excluding hydrogens is 376 g/mol. The van der Waals surface area contributed by atoms with E-state index in [1.54, 1.807) is 18.5 Å². The van der Waals surface area contributed by atoms with Crippen molar-refractivity contribution in [3.05, 3.63) is 95.8 Å². The Bertz CT molecular complexity index is 903. The van der Waals surface area contributed by atoms with E-state index < -0.39 is 0 Å². The smallest absolute Gasteiger partial charge is 0.276 e. The van der Waals surface area contributed by atoms with Crippen LogP contribution in [0.1, 0.15) is 34.3 Å². The Kier molecular flexibility index (Phi) is 8.38. The van der Waals surface area contributed by atoms with E-state index >= 15 is 0 Å². The lowest BCUT2D eigenvalue weighted by atomic mass is 10.0. The largest absolute Gasteiger partial charge is 0.380 e. The molecule has 1 heterocycles. The number of para-hydroxylation sites is 1. The van der Waals surface area contributed by atoms with Crippen molar-refractivity contribution in [1.29, 1.82) is 0 Å². The molecule has 0 aliphatic rings. The van der Waals surface area contributed by atoms with Crippen LogP contribution in [0.15, 0.2) is 79.1 Å². The van der Waals surface area contributed by atoms with Gasteiger partial charge in [0.2, 0.25) is 0 Å². The zero-order valence-electron chi connectivity index (χ0n) is 17.0. The van der Waals surface area contributed by atoms with Crippen LogP contribution in [-0.4, -0.2) is 23.5 Å². The van der Waals surface area contributed by atoms with Gasteiger partial charge < -0.3 is 11.1 Å². The lowest BCUT2D eigenvalue weighted by molar-refractivity contribution is 0.0296. The van der Waals surface area contributed by atoms with Crippen LogP contribution in [-0.2, 0) is 17.8 Å². The Hall–Kier alpha value is -3.22. The second kappa shape index (κ2) is 11.7. The lowest BCUT2D eigenvalue weighted by Gasteiger charge is -2.13. The van der Waals surface area contributed by atoms with Crippen LogP contribution < -0.4 is 16.5 Å².